The largest absolute Gasteiger partial charge is 0.345 e. The Labute approximate surface area is 187 Å². The normalized spacial score (nSPS) is 22.8. The third-order valence-electron chi connectivity index (χ3n) is 7.39. The minimum Gasteiger partial charge on any atom is -0.342 e. The number of hydrogen-bond acceptors (Lipinski definition) is 4. The van der Waals surface area contributed by atoms with Gasteiger partial charge in [0.2, 0.25) is 11.8 Å². The summed E-state index contributed by atoms with van der Waals surface area (Å²) < 4.78 is 3.40. The number of likely N-dealkylation sites (tertiary alicyclic amines) is 1. The number of nitrogens with zero attached hydrogens (tertiary/aromatic N) is 5. The highest BCUT2D eigenvalue weighted by Crippen LogP contribution is 2.34. The minimum absolute atomic E-state index is 0.0125. The Hall–Kier alpha value is -2.90. The number of rotatable bonds is 4. The van der Waals surface area contributed by atoms with Crippen molar-refractivity contribution in [1.82, 2.24) is 19.2 Å². The molecule has 2 aliphatic heterocycles. The van der Waals surface area contributed by atoms with E-state index in [9.17, 15) is 14.4 Å². The standard InChI is InChI=1S/C24H31N5O3/c1-26-24(32)29(20-9-5-6-10-20)22(25-26)17-11-13-27(14-12-17)23(31)18-15-21(30)28(16-18)19-7-3-2-4-8-19/h2-4,7-8,17-18,20H,5-6,9-16H2,1H3. The van der Waals surface area contributed by atoms with Crippen molar-refractivity contribution in [3.63, 3.8) is 0 Å². The first-order chi connectivity index (χ1) is 15.5. The van der Waals surface area contributed by atoms with Crippen LogP contribution in [0.3, 0.4) is 0 Å². The quantitative estimate of drug-likeness (QED) is 0.736. The highest BCUT2D eigenvalue weighted by atomic mass is 16.2. The summed E-state index contributed by atoms with van der Waals surface area (Å²) in [5.41, 5.74) is 0.836. The van der Waals surface area contributed by atoms with E-state index in [4.69, 9.17) is 0 Å². The zero-order chi connectivity index (χ0) is 22.2. The van der Waals surface area contributed by atoms with Crippen LogP contribution in [0, 0.1) is 5.92 Å². The van der Waals surface area contributed by atoms with Gasteiger partial charge in [0.25, 0.3) is 0 Å². The Bertz CT molecular complexity index is 1050. The van der Waals surface area contributed by atoms with Crippen molar-refractivity contribution >= 4 is 17.5 Å². The van der Waals surface area contributed by atoms with Crippen LogP contribution in [0.15, 0.2) is 35.1 Å². The summed E-state index contributed by atoms with van der Waals surface area (Å²) in [6.07, 6.45) is 6.30. The number of amides is 2. The van der Waals surface area contributed by atoms with E-state index in [1.165, 1.54) is 17.5 Å². The minimum atomic E-state index is -0.286. The molecule has 8 heteroatoms. The van der Waals surface area contributed by atoms with E-state index in [2.05, 4.69) is 5.10 Å². The van der Waals surface area contributed by atoms with E-state index < -0.39 is 0 Å². The van der Waals surface area contributed by atoms with Crippen LogP contribution in [-0.2, 0) is 16.6 Å². The maximum absolute atomic E-state index is 13.2. The summed E-state index contributed by atoms with van der Waals surface area (Å²) in [7, 11) is 1.73. The molecule has 3 heterocycles. The van der Waals surface area contributed by atoms with Gasteiger partial charge in [0.15, 0.2) is 0 Å². The molecule has 1 atom stereocenters. The fourth-order valence-corrected chi connectivity index (χ4v) is 5.63. The van der Waals surface area contributed by atoms with Gasteiger partial charge in [-0.15, -0.1) is 0 Å². The van der Waals surface area contributed by atoms with Gasteiger partial charge >= 0.3 is 5.69 Å². The van der Waals surface area contributed by atoms with Crippen molar-refractivity contribution in [3.05, 3.63) is 46.6 Å². The van der Waals surface area contributed by atoms with Crippen LogP contribution in [0.4, 0.5) is 5.69 Å². The van der Waals surface area contributed by atoms with E-state index in [1.54, 1.807) is 11.9 Å². The van der Waals surface area contributed by atoms with Crippen molar-refractivity contribution in [2.45, 2.75) is 56.9 Å². The molecule has 2 saturated heterocycles. The predicted octanol–water partition coefficient (Wildman–Crippen LogP) is 2.46. The molecule has 2 amide bonds. The molecule has 32 heavy (non-hydrogen) atoms. The lowest BCUT2D eigenvalue weighted by atomic mass is 9.94. The summed E-state index contributed by atoms with van der Waals surface area (Å²) in [5, 5.41) is 4.59. The van der Waals surface area contributed by atoms with Gasteiger partial charge in [0.1, 0.15) is 5.82 Å². The number of carbonyl (C=O) groups excluding carboxylic acids is 2. The van der Waals surface area contributed by atoms with E-state index in [0.717, 1.165) is 37.2 Å². The lowest BCUT2D eigenvalue weighted by Crippen LogP contribution is -2.42. The van der Waals surface area contributed by atoms with Gasteiger partial charge < -0.3 is 9.80 Å². The molecular weight excluding hydrogens is 406 g/mol. The number of aromatic nitrogens is 3. The molecule has 0 radical (unpaired) electrons. The van der Waals surface area contributed by atoms with E-state index in [-0.39, 0.29) is 41.8 Å². The lowest BCUT2D eigenvalue weighted by molar-refractivity contribution is -0.136. The summed E-state index contributed by atoms with van der Waals surface area (Å²) in [5.74, 6) is 0.885. The molecule has 1 aromatic carbocycles. The van der Waals surface area contributed by atoms with Crippen LogP contribution in [0.25, 0.3) is 0 Å². The van der Waals surface area contributed by atoms with Crippen LogP contribution >= 0.6 is 0 Å². The zero-order valence-electron chi connectivity index (χ0n) is 18.7. The van der Waals surface area contributed by atoms with Crippen LogP contribution < -0.4 is 10.6 Å². The molecule has 8 nitrogen and oxygen atoms in total. The van der Waals surface area contributed by atoms with E-state index >= 15 is 0 Å². The maximum Gasteiger partial charge on any atom is 0.345 e. The van der Waals surface area contributed by atoms with E-state index in [0.29, 0.717) is 19.6 Å². The zero-order valence-corrected chi connectivity index (χ0v) is 18.7. The molecule has 1 aliphatic carbocycles. The molecule has 170 valence electrons. The predicted molar refractivity (Wildman–Crippen MR) is 120 cm³/mol. The second-order valence-corrected chi connectivity index (χ2v) is 9.41. The molecule has 0 spiro atoms. The maximum atomic E-state index is 13.2. The molecular formula is C24H31N5O3. The molecule has 0 N–H and O–H groups in total. The number of benzene rings is 1. The number of aryl methyl sites for hydroxylation is 1. The molecule has 2 aromatic rings. The van der Waals surface area contributed by atoms with Crippen molar-refractivity contribution < 1.29 is 9.59 Å². The third-order valence-corrected chi connectivity index (χ3v) is 7.39. The van der Waals surface area contributed by atoms with Gasteiger partial charge in [-0.1, -0.05) is 31.0 Å². The highest BCUT2D eigenvalue weighted by molar-refractivity contribution is 6.00. The molecule has 5 rings (SSSR count). The number of piperidine rings is 1. The molecule has 1 saturated carbocycles. The number of para-hydroxylation sites is 1. The SMILES string of the molecule is Cn1nc(C2CCN(C(=O)C3CC(=O)N(c4ccccc4)C3)CC2)n(C2CCCC2)c1=O. The van der Waals surface area contributed by atoms with Crippen molar-refractivity contribution in [1.29, 1.82) is 0 Å². The second-order valence-electron chi connectivity index (χ2n) is 9.41. The average molecular weight is 438 g/mol. The Morgan fingerprint density at radius 3 is 2.38 bits per heavy atom. The first kappa shape index (κ1) is 21.0. The third kappa shape index (κ3) is 3.76. The number of hydrogen-bond donors (Lipinski definition) is 0. The van der Waals surface area contributed by atoms with Gasteiger partial charge in [-0.25, -0.2) is 9.48 Å². The Morgan fingerprint density at radius 2 is 1.69 bits per heavy atom. The molecule has 3 fully saturated rings. The first-order valence-electron chi connectivity index (χ1n) is 11.8. The van der Waals surface area contributed by atoms with Crippen molar-refractivity contribution in [2.24, 2.45) is 13.0 Å². The summed E-state index contributed by atoms with van der Waals surface area (Å²) in [4.78, 5) is 42.0. The van der Waals surface area contributed by atoms with Gasteiger partial charge in [-0.2, -0.15) is 5.10 Å². The summed E-state index contributed by atoms with van der Waals surface area (Å²) in [6.45, 7) is 1.74. The van der Waals surface area contributed by atoms with E-state index in [1.807, 2.05) is 39.8 Å². The van der Waals surface area contributed by atoms with Gasteiger partial charge in [0.05, 0.1) is 5.92 Å². The summed E-state index contributed by atoms with van der Waals surface area (Å²) >= 11 is 0. The van der Waals surface area contributed by atoms with Crippen LogP contribution in [0.5, 0.6) is 0 Å². The van der Waals surface area contributed by atoms with Crippen molar-refractivity contribution in [2.75, 3.05) is 24.5 Å². The van der Waals surface area contributed by atoms with Crippen molar-refractivity contribution in [3.8, 4) is 0 Å². The Kier molecular flexibility index (Phi) is 5.61. The lowest BCUT2D eigenvalue weighted by Gasteiger charge is -2.33. The average Bonchev–Trinajstić information content (AvgIpc) is 3.54. The first-order valence-corrected chi connectivity index (χ1v) is 11.8. The van der Waals surface area contributed by atoms with Gasteiger partial charge in [-0.05, 0) is 37.8 Å². The second kappa shape index (κ2) is 8.56. The van der Waals surface area contributed by atoms with Gasteiger partial charge in [0, 0.05) is 50.7 Å². The molecule has 1 unspecified atom stereocenters. The number of carbonyl (C=O) groups is 2. The number of anilines is 1. The van der Waals surface area contributed by atoms with Crippen LogP contribution in [0.1, 0.15) is 62.7 Å². The Morgan fingerprint density at radius 1 is 1.00 bits per heavy atom. The fourth-order valence-electron chi connectivity index (χ4n) is 5.63. The summed E-state index contributed by atoms with van der Waals surface area (Å²) in [6, 6.07) is 9.82. The Balaban J connectivity index is 1.24. The van der Waals surface area contributed by atoms with Crippen LogP contribution in [0.2, 0.25) is 0 Å². The fraction of sp³-hybridized carbons (Fsp3) is 0.583. The topological polar surface area (TPSA) is 80.4 Å². The smallest absolute Gasteiger partial charge is 0.342 e. The highest BCUT2D eigenvalue weighted by Gasteiger charge is 2.39. The van der Waals surface area contributed by atoms with Gasteiger partial charge in [-0.3, -0.25) is 14.2 Å². The molecule has 1 aromatic heterocycles. The van der Waals surface area contributed by atoms with Crippen LogP contribution in [-0.4, -0.2) is 50.7 Å². The molecule has 0 bridgehead atoms. The monoisotopic (exact) mass is 437 g/mol. The molecule has 3 aliphatic rings.